The van der Waals surface area contributed by atoms with Gasteiger partial charge in [0.1, 0.15) is 11.4 Å². The lowest BCUT2D eigenvalue weighted by atomic mass is 9.99. The molecule has 3 rings (SSSR count). The molecule has 130 valence electrons. The molecule has 1 aliphatic rings. The number of hydrogen-bond acceptors (Lipinski definition) is 3. The summed E-state index contributed by atoms with van der Waals surface area (Å²) in [5, 5.41) is -0.0449. The Balaban J connectivity index is 1.68. The summed E-state index contributed by atoms with van der Waals surface area (Å²) in [7, 11) is 0. The third-order valence-electron chi connectivity index (χ3n) is 4.24. The molecule has 6 heteroatoms. The Morgan fingerprint density at radius 1 is 1.16 bits per heavy atom. The molecule has 2 aromatic carbocycles. The predicted octanol–water partition coefficient (Wildman–Crippen LogP) is 3.61. The Kier molecular flexibility index (Phi) is 5.04. The molecule has 0 saturated carbocycles. The average molecular weight is 362 g/mol. The first-order chi connectivity index (χ1) is 12.0. The Hall–Kier alpha value is -2.40. The first kappa shape index (κ1) is 17.4. The van der Waals surface area contributed by atoms with Crippen molar-refractivity contribution in [2.75, 3.05) is 6.54 Å². The van der Waals surface area contributed by atoms with Crippen LogP contribution in [0.2, 0.25) is 5.02 Å². The predicted molar refractivity (Wildman–Crippen MR) is 91.9 cm³/mol. The minimum atomic E-state index is -1.02. The number of benzene rings is 2. The number of halogens is 2. The first-order valence-electron chi connectivity index (χ1n) is 7.98. The summed E-state index contributed by atoms with van der Waals surface area (Å²) in [6, 6.07) is 11.8. The smallest absolute Gasteiger partial charge is 0.343 e. The number of fused-ring (bicyclic) bond motifs is 1. The van der Waals surface area contributed by atoms with Crippen molar-refractivity contribution in [3.05, 3.63) is 70.0 Å². The topological polar surface area (TPSA) is 46.6 Å². The maximum absolute atomic E-state index is 13.8. The van der Waals surface area contributed by atoms with Crippen LogP contribution in [0.5, 0.6) is 0 Å². The van der Waals surface area contributed by atoms with Crippen molar-refractivity contribution >= 4 is 23.5 Å². The van der Waals surface area contributed by atoms with Gasteiger partial charge in [0.25, 0.3) is 5.91 Å². The molecule has 0 saturated heterocycles. The number of esters is 1. The molecule has 1 heterocycles. The summed E-state index contributed by atoms with van der Waals surface area (Å²) in [6.07, 6.45) is -0.268. The van der Waals surface area contributed by atoms with E-state index in [-0.39, 0.29) is 16.5 Å². The van der Waals surface area contributed by atoms with E-state index in [4.69, 9.17) is 16.3 Å². The lowest BCUT2D eigenvalue weighted by molar-refractivity contribution is -0.140. The van der Waals surface area contributed by atoms with Gasteiger partial charge in [0, 0.05) is 13.1 Å². The van der Waals surface area contributed by atoms with Crippen LogP contribution in [-0.2, 0) is 22.5 Å². The summed E-state index contributed by atoms with van der Waals surface area (Å²) in [4.78, 5) is 26.4. The molecule has 0 aromatic heterocycles. The van der Waals surface area contributed by atoms with Crippen LogP contribution in [0.3, 0.4) is 0 Å². The van der Waals surface area contributed by atoms with Crippen molar-refractivity contribution in [3.8, 4) is 0 Å². The number of ether oxygens (including phenoxy) is 1. The second kappa shape index (κ2) is 7.23. The Bertz CT molecular complexity index is 804. The normalized spacial score (nSPS) is 14.6. The van der Waals surface area contributed by atoms with E-state index in [2.05, 4.69) is 0 Å². The third kappa shape index (κ3) is 3.66. The molecular formula is C19H17ClFNO3. The lowest BCUT2D eigenvalue weighted by Gasteiger charge is -2.30. The maximum Gasteiger partial charge on any atom is 0.343 e. The van der Waals surface area contributed by atoms with Crippen molar-refractivity contribution in [1.82, 2.24) is 4.90 Å². The molecule has 0 bridgehead atoms. The second-order valence-corrected chi connectivity index (χ2v) is 6.33. The summed E-state index contributed by atoms with van der Waals surface area (Å²) in [5.74, 6) is -2.03. The largest absolute Gasteiger partial charge is 0.449 e. The zero-order chi connectivity index (χ0) is 18.0. The molecule has 2 aromatic rings. The second-order valence-electron chi connectivity index (χ2n) is 5.92. The fourth-order valence-electron chi connectivity index (χ4n) is 2.90. The highest BCUT2D eigenvalue weighted by Crippen LogP contribution is 2.22. The average Bonchev–Trinajstić information content (AvgIpc) is 2.60. The van der Waals surface area contributed by atoms with E-state index in [9.17, 15) is 14.0 Å². The molecule has 0 N–H and O–H groups in total. The van der Waals surface area contributed by atoms with E-state index in [1.165, 1.54) is 24.6 Å². The van der Waals surface area contributed by atoms with Gasteiger partial charge in [0.2, 0.25) is 0 Å². The van der Waals surface area contributed by atoms with Crippen LogP contribution in [-0.4, -0.2) is 29.4 Å². The molecule has 1 aliphatic heterocycles. The minimum Gasteiger partial charge on any atom is -0.449 e. The molecule has 1 amide bonds. The van der Waals surface area contributed by atoms with Gasteiger partial charge >= 0.3 is 5.97 Å². The molecule has 0 fully saturated rings. The van der Waals surface area contributed by atoms with E-state index in [1.807, 2.05) is 24.3 Å². The highest BCUT2D eigenvalue weighted by molar-refractivity contribution is 6.33. The highest BCUT2D eigenvalue weighted by Gasteiger charge is 2.28. The summed E-state index contributed by atoms with van der Waals surface area (Å²) < 4.78 is 18.9. The maximum atomic E-state index is 13.8. The van der Waals surface area contributed by atoms with E-state index in [1.54, 1.807) is 4.90 Å². The fraction of sp³-hybridized carbons (Fsp3) is 0.263. The number of nitrogens with zero attached hydrogens (tertiary/aromatic N) is 1. The first-order valence-corrected chi connectivity index (χ1v) is 8.35. The molecule has 0 aliphatic carbocycles. The Labute approximate surface area is 150 Å². The monoisotopic (exact) mass is 361 g/mol. The molecular weight excluding hydrogens is 345 g/mol. The molecule has 0 radical (unpaired) electrons. The van der Waals surface area contributed by atoms with Crippen LogP contribution in [0, 0.1) is 5.82 Å². The Morgan fingerprint density at radius 2 is 1.88 bits per heavy atom. The van der Waals surface area contributed by atoms with Gasteiger partial charge in [-0.3, -0.25) is 4.79 Å². The van der Waals surface area contributed by atoms with Crippen molar-refractivity contribution in [1.29, 1.82) is 0 Å². The van der Waals surface area contributed by atoms with Gasteiger partial charge in [0.05, 0.1) is 5.02 Å². The number of hydrogen-bond donors (Lipinski definition) is 0. The SMILES string of the molecule is C[C@H](OC(=O)c1c(F)cccc1Cl)C(=O)N1CCc2ccccc2C1. The molecule has 0 unspecified atom stereocenters. The van der Waals surface area contributed by atoms with E-state index in [0.717, 1.165) is 18.1 Å². The van der Waals surface area contributed by atoms with Crippen molar-refractivity contribution in [3.63, 3.8) is 0 Å². The number of amides is 1. The highest BCUT2D eigenvalue weighted by atomic mass is 35.5. The molecule has 1 atom stereocenters. The van der Waals surface area contributed by atoms with Crippen LogP contribution < -0.4 is 0 Å². The van der Waals surface area contributed by atoms with E-state index >= 15 is 0 Å². The van der Waals surface area contributed by atoms with Gasteiger partial charge in [-0.2, -0.15) is 0 Å². The van der Waals surface area contributed by atoms with Crippen molar-refractivity contribution in [2.45, 2.75) is 26.0 Å². The number of carbonyl (C=O) groups is 2. The number of carbonyl (C=O) groups excluding carboxylic acids is 2. The quantitative estimate of drug-likeness (QED) is 0.785. The molecule has 4 nitrogen and oxygen atoms in total. The zero-order valence-electron chi connectivity index (χ0n) is 13.7. The summed E-state index contributed by atoms with van der Waals surface area (Å²) in [6.45, 7) is 2.50. The van der Waals surface area contributed by atoms with Crippen LogP contribution in [0.1, 0.15) is 28.4 Å². The van der Waals surface area contributed by atoms with Gasteiger partial charge in [-0.15, -0.1) is 0 Å². The standard InChI is InChI=1S/C19H17ClFNO3/c1-12(25-19(24)17-15(20)7-4-8-16(17)21)18(23)22-10-9-13-5-2-3-6-14(13)11-22/h2-8,12H,9-11H2,1H3/t12-/m0/s1. The van der Waals surface area contributed by atoms with Crippen molar-refractivity contribution < 1.29 is 18.7 Å². The minimum absolute atomic E-state index is 0.0449. The number of rotatable bonds is 3. The summed E-state index contributed by atoms with van der Waals surface area (Å²) in [5.41, 5.74) is 1.94. The van der Waals surface area contributed by atoms with Crippen LogP contribution in [0.25, 0.3) is 0 Å². The van der Waals surface area contributed by atoms with Gasteiger partial charge in [-0.1, -0.05) is 41.9 Å². The Morgan fingerprint density at radius 3 is 2.60 bits per heavy atom. The van der Waals surface area contributed by atoms with Gasteiger partial charge in [-0.05, 0) is 36.6 Å². The third-order valence-corrected chi connectivity index (χ3v) is 4.56. The lowest BCUT2D eigenvalue weighted by Crippen LogP contribution is -2.42. The van der Waals surface area contributed by atoms with Crippen LogP contribution in [0.15, 0.2) is 42.5 Å². The van der Waals surface area contributed by atoms with Crippen LogP contribution in [0.4, 0.5) is 4.39 Å². The summed E-state index contributed by atoms with van der Waals surface area (Å²) >= 11 is 5.86. The van der Waals surface area contributed by atoms with E-state index < -0.39 is 17.9 Å². The van der Waals surface area contributed by atoms with Crippen LogP contribution >= 0.6 is 11.6 Å². The van der Waals surface area contributed by atoms with Crippen molar-refractivity contribution in [2.24, 2.45) is 0 Å². The van der Waals surface area contributed by atoms with Gasteiger partial charge < -0.3 is 9.64 Å². The molecule has 25 heavy (non-hydrogen) atoms. The zero-order valence-corrected chi connectivity index (χ0v) is 14.4. The molecule has 0 spiro atoms. The van der Waals surface area contributed by atoms with E-state index in [0.29, 0.717) is 13.1 Å². The van der Waals surface area contributed by atoms with Gasteiger partial charge in [-0.25, -0.2) is 9.18 Å². The van der Waals surface area contributed by atoms with Gasteiger partial charge in [0.15, 0.2) is 6.10 Å². The fourth-order valence-corrected chi connectivity index (χ4v) is 3.14.